The second-order valence-electron chi connectivity index (χ2n) is 5.96. The van der Waals surface area contributed by atoms with Crippen molar-refractivity contribution >= 4 is 17.9 Å². The minimum Gasteiger partial charge on any atom is -0.497 e. The Kier molecular flexibility index (Phi) is 6.11. The number of methoxy groups -OCH3 is 3. The van der Waals surface area contributed by atoms with Crippen molar-refractivity contribution in [3.63, 3.8) is 0 Å². The van der Waals surface area contributed by atoms with Crippen molar-refractivity contribution in [1.82, 2.24) is 9.78 Å². The third-order valence-electron chi connectivity index (χ3n) is 4.09. The van der Waals surface area contributed by atoms with Crippen molar-refractivity contribution < 1.29 is 33.3 Å². The van der Waals surface area contributed by atoms with Crippen molar-refractivity contribution in [2.75, 3.05) is 21.3 Å². The highest BCUT2D eigenvalue weighted by Gasteiger charge is 2.18. The number of hydrogen-bond donors (Lipinski definition) is 0. The van der Waals surface area contributed by atoms with Gasteiger partial charge in [0, 0.05) is 6.20 Å². The van der Waals surface area contributed by atoms with E-state index in [9.17, 15) is 14.4 Å². The van der Waals surface area contributed by atoms with Gasteiger partial charge in [0.25, 0.3) is 0 Å². The number of benzene rings is 2. The summed E-state index contributed by atoms with van der Waals surface area (Å²) < 4.78 is 21.2. The van der Waals surface area contributed by atoms with Crippen LogP contribution in [0.5, 0.6) is 11.5 Å². The number of ether oxygens (including phenoxy) is 4. The van der Waals surface area contributed by atoms with Crippen molar-refractivity contribution in [2.45, 2.75) is 0 Å². The molecule has 0 N–H and O–H groups in total. The lowest BCUT2D eigenvalue weighted by atomic mass is 10.1. The summed E-state index contributed by atoms with van der Waals surface area (Å²) in [6.07, 6.45) is 1.60. The largest absolute Gasteiger partial charge is 0.497 e. The summed E-state index contributed by atoms with van der Waals surface area (Å²) >= 11 is 0. The molecule has 0 saturated carbocycles. The van der Waals surface area contributed by atoms with Gasteiger partial charge in [-0.05, 0) is 48.5 Å². The zero-order valence-electron chi connectivity index (χ0n) is 16.4. The molecule has 0 radical (unpaired) electrons. The molecular formula is C21H18N2O7. The van der Waals surface area contributed by atoms with Crippen LogP contribution in [0.25, 0.3) is 5.69 Å². The highest BCUT2D eigenvalue weighted by atomic mass is 16.5. The number of rotatable bonds is 6. The molecule has 0 fully saturated rings. The first-order chi connectivity index (χ1) is 14.4. The van der Waals surface area contributed by atoms with E-state index >= 15 is 0 Å². The molecule has 0 amide bonds. The van der Waals surface area contributed by atoms with Gasteiger partial charge in [-0.15, -0.1) is 0 Å². The van der Waals surface area contributed by atoms with E-state index in [-0.39, 0.29) is 22.6 Å². The van der Waals surface area contributed by atoms with Crippen LogP contribution in [0.2, 0.25) is 0 Å². The third kappa shape index (κ3) is 4.46. The number of carbonyl (C=O) groups excluding carboxylic acids is 3. The SMILES string of the molecule is COC(=O)c1cc(OC(=O)c2ccn(-c3ccc(OC)cc3)n2)cc(C(=O)OC)c1. The molecule has 0 saturated heterocycles. The fourth-order valence-corrected chi connectivity index (χ4v) is 2.60. The van der Waals surface area contributed by atoms with Gasteiger partial charge in [-0.2, -0.15) is 5.10 Å². The van der Waals surface area contributed by atoms with E-state index in [1.54, 1.807) is 37.6 Å². The molecule has 3 rings (SSSR count). The molecule has 9 nitrogen and oxygen atoms in total. The Labute approximate surface area is 171 Å². The molecule has 9 heteroatoms. The molecular weight excluding hydrogens is 392 g/mol. The van der Waals surface area contributed by atoms with Gasteiger partial charge in [-0.1, -0.05) is 0 Å². The van der Waals surface area contributed by atoms with Gasteiger partial charge < -0.3 is 18.9 Å². The summed E-state index contributed by atoms with van der Waals surface area (Å²) in [6.45, 7) is 0. The molecule has 2 aromatic carbocycles. The maximum Gasteiger partial charge on any atom is 0.364 e. The van der Waals surface area contributed by atoms with Crippen LogP contribution in [0.4, 0.5) is 0 Å². The van der Waals surface area contributed by atoms with Gasteiger partial charge in [0.05, 0.1) is 38.1 Å². The summed E-state index contributed by atoms with van der Waals surface area (Å²) in [5.74, 6) is -1.48. The van der Waals surface area contributed by atoms with E-state index in [0.29, 0.717) is 5.75 Å². The number of carbonyl (C=O) groups is 3. The Morgan fingerprint density at radius 1 is 0.767 bits per heavy atom. The van der Waals surface area contributed by atoms with E-state index in [1.165, 1.54) is 43.2 Å². The molecule has 0 aliphatic heterocycles. The first kappa shape index (κ1) is 20.6. The van der Waals surface area contributed by atoms with Crippen molar-refractivity contribution in [2.24, 2.45) is 0 Å². The van der Waals surface area contributed by atoms with E-state index in [0.717, 1.165) is 5.69 Å². The highest BCUT2D eigenvalue weighted by Crippen LogP contribution is 2.21. The first-order valence-corrected chi connectivity index (χ1v) is 8.69. The van der Waals surface area contributed by atoms with E-state index < -0.39 is 17.9 Å². The Balaban J connectivity index is 1.84. The molecule has 0 unspecified atom stereocenters. The normalized spacial score (nSPS) is 10.2. The molecule has 0 bridgehead atoms. The number of nitrogens with zero attached hydrogens (tertiary/aromatic N) is 2. The van der Waals surface area contributed by atoms with E-state index in [2.05, 4.69) is 14.6 Å². The van der Waals surface area contributed by atoms with E-state index in [1.807, 2.05) is 0 Å². The Morgan fingerprint density at radius 3 is 1.90 bits per heavy atom. The molecule has 0 aliphatic rings. The fourth-order valence-electron chi connectivity index (χ4n) is 2.60. The van der Waals surface area contributed by atoms with Crippen LogP contribution in [0, 0.1) is 0 Å². The summed E-state index contributed by atoms with van der Waals surface area (Å²) in [5.41, 5.74) is 0.823. The second-order valence-corrected chi connectivity index (χ2v) is 5.96. The van der Waals surface area contributed by atoms with Gasteiger partial charge in [-0.3, -0.25) is 0 Å². The number of hydrogen-bond acceptors (Lipinski definition) is 8. The zero-order valence-corrected chi connectivity index (χ0v) is 16.4. The van der Waals surface area contributed by atoms with Crippen LogP contribution in [0.1, 0.15) is 31.2 Å². The van der Waals surface area contributed by atoms with Gasteiger partial charge in [0.1, 0.15) is 11.5 Å². The molecule has 0 aliphatic carbocycles. The maximum atomic E-state index is 12.5. The Hall–Kier alpha value is -4.14. The maximum absolute atomic E-state index is 12.5. The zero-order chi connectivity index (χ0) is 21.7. The number of esters is 3. The van der Waals surface area contributed by atoms with E-state index in [4.69, 9.17) is 9.47 Å². The summed E-state index contributed by atoms with van der Waals surface area (Å²) in [4.78, 5) is 36.2. The van der Waals surface area contributed by atoms with Gasteiger partial charge in [-0.25, -0.2) is 19.1 Å². The van der Waals surface area contributed by atoms with Crippen LogP contribution in [-0.2, 0) is 9.47 Å². The lowest BCUT2D eigenvalue weighted by molar-refractivity contribution is 0.0593. The lowest BCUT2D eigenvalue weighted by Gasteiger charge is -2.08. The summed E-state index contributed by atoms with van der Waals surface area (Å²) in [6, 6.07) is 12.4. The molecule has 1 aromatic heterocycles. The molecule has 1 heterocycles. The smallest absolute Gasteiger partial charge is 0.364 e. The minimum absolute atomic E-state index is 0.0257. The highest BCUT2D eigenvalue weighted by molar-refractivity contribution is 5.96. The van der Waals surface area contributed by atoms with Gasteiger partial charge >= 0.3 is 17.9 Å². The Bertz CT molecular complexity index is 1050. The topological polar surface area (TPSA) is 106 Å². The molecule has 30 heavy (non-hydrogen) atoms. The average molecular weight is 410 g/mol. The van der Waals surface area contributed by atoms with Crippen LogP contribution >= 0.6 is 0 Å². The quantitative estimate of drug-likeness (QED) is 0.451. The van der Waals surface area contributed by atoms with Crippen molar-refractivity contribution in [3.8, 4) is 17.2 Å². The standard InChI is InChI=1S/C21H18N2O7/c1-27-16-6-4-15(5-7-16)23-9-8-18(22-23)21(26)30-17-11-13(19(24)28-2)10-14(12-17)20(25)29-3/h4-12H,1-3H3. The molecule has 0 atom stereocenters. The van der Waals surface area contributed by atoms with Crippen LogP contribution in [0.3, 0.4) is 0 Å². The summed E-state index contributed by atoms with van der Waals surface area (Å²) in [5, 5.41) is 4.20. The van der Waals surface area contributed by atoms with Crippen molar-refractivity contribution in [3.05, 3.63) is 71.5 Å². The lowest BCUT2D eigenvalue weighted by Crippen LogP contribution is -2.12. The second kappa shape index (κ2) is 8.91. The van der Waals surface area contributed by atoms with Gasteiger partial charge in [0.2, 0.25) is 0 Å². The summed E-state index contributed by atoms with van der Waals surface area (Å²) in [7, 11) is 3.97. The van der Waals surface area contributed by atoms with Gasteiger partial charge in [0.15, 0.2) is 5.69 Å². The van der Waals surface area contributed by atoms with Crippen LogP contribution in [-0.4, -0.2) is 49.0 Å². The average Bonchev–Trinajstić information content (AvgIpc) is 3.28. The minimum atomic E-state index is -0.764. The first-order valence-electron chi connectivity index (χ1n) is 8.69. The molecule has 154 valence electrons. The third-order valence-corrected chi connectivity index (χ3v) is 4.09. The van der Waals surface area contributed by atoms with Crippen LogP contribution < -0.4 is 9.47 Å². The monoisotopic (exact) mass is 410 g/mol. The molecule has 0 spiro atoms. The van der Waals surface area contributed by atoms with Crippen LogP contribution in [0.15, 0.2) is 54.7 Å². The predicted molar refractivity (Wildman–Crippen MR) is 104 cm³/mol. The number of aromatic nitrogens is 2. The fraction of sp³-hybridized carbons (Fsp3) is 0.143. The van der Waals surface area contributed by atoms with Crippen molar-refractivity contribution in [1.29, 1.82) is 0 Å². The molecule has 3 aromatic rings. The predicted octanol–water partition coefficient (Wildman–Crippen LogP) is 2.67. The Morgan fingerprint density at radius 2 is 1.37 bits per heavy atom.